The molecule has 1 saturated heterocycles. The maximum atomic E-state index is 12.3. The van der Waals surface area contributed by atoms with Gasteiger partial charge in [-0.3, -0.25) is 9.79 Å². The lowest BCUT2D eigenvalue weighted by Gasteiger charge is -2.27. The zero-order valence-corrected chi connectivity index (χ0v) is 23.3. The molecule has 0 bridgehead atoms. The molecule has 1 rings (SSSR count). The van der Waals surface area contributed by atoms with Crippen molar-refractivity contribution in [2.24, 2.45) is 10.4 Å². The first-order valence-corrected chi connectivity index (χ1v) is 13.7. The van der Waals surface area contributed by atoms with Crippen LogP contribution in [0, 0.1) is 5.41 Å². The highest BCUT2D eigenvalue weighted by Gasteiger charge is 2.34. The number of amides is 1. The average Bonchev–Trinajstić information content (AvgIpc) is 3.29. The average molecular weight is 504 g/mol. The van der Waals surface area contributed by atoms with Crippen molar-refractivity contribution >= 4 is 12.1 Å². The van der Waals surface area contributed by atoms with Crippen molar-refractivity contribution < 1.29 is 4.79 Å². The van der Waals surface area contributed by atoms with Crippen LogP contribution in [0.15, 0.2) is 103 Å². The number of hydrogen-bond donors (Lipinski definition) is 1. The summed E-state index contributed by atoms with van der Waals surface area (Å²) < 4.78 is 0. The highest BCUT2D eigenvalue weighted by Crippen LogP contribution is 2.32. The van der Waals surface area contributed by atoms with Crippen LogP contribution in [0.25, 0.3) is 0 Å². The summed E-state index contributed by atoms with van der Waals surface area (Å²) in [5, 5.41) is 3.14. The number of nitrogens with one attached hydrogen (secondary N) is 1. The number of likely N-dealkylation sites (tertiary alicyclic amines) is 1. The maximum Gasteiger partial charge on any atom is 0.220 e. The zero-order valence-electron chi connectivity index (χ0n) is 23.3. The molecule has 1 aliphatic heterocycles. The van der Waals surface area contributed by atoms with Crippen LogP contribution in [0.4, 0.5) is 0 Å². The van der Waals surface area contributed by atoms with Gasteiger partial charge in [-0.2, -0.15) is 0 Å². The number of carbonyl (C=O) groups excluding carboxylic acids is 1. The molecule has 0 radical (unpaired) electrons. The molecule has 1 unspecified atom stereocenters. The molecule has 0 saturated carbocycles. The van der Waals surface area contributed by atoms with Crippen LogP contribution in [0.3, 0.4) is 0 Å². The SMILES string of the molecule is C=CN=CC(=C)C(=C)N1CCC(C)(CNC(=O)CCCC=CCC=CCC=CCC=CCC=CCC)C1. The summed E-state index contributed by atoms with van der Waals surface area (Å²) in [6, 6.07) is 0. The van der Waals surface area contributed by atoms with Gasteiger partial charge in [0.15, 0.2) is 0 Å². The third kappa shape index (κ3) is 15.6. The van der Waals surface area contributed by atoms with Crippen LogP contribution < -0.4 is 5.32 Å². The van der Waals surface area contributed by atoms with Gasteiger partial charge in [0.25, 0.3) is 0 Å². The van der Waals surface area contributed by atoms with Crippen LogP contribution >= 0.6 is 0 Å². The Morgan fingerprint density at radius 1 is 0.946 bits per heavy atom. The summed E-state index contributed by atoms with van der Waals surface area (Å²) in [5.41, 5.74) is 1.72. The van der Waals surface area contributed by atoms with Gasteiger partial charge in [-0.05, 0) is 51.4 Å². The van der Waals surface area contributed by atoms with Crippen molar-refractivity contribution in [3.8, 4) is 0 Å². The third-order valence-electron chi connectivity index (χ3n) is 6.29. The summed E-state index contributed by atoms with van der Waals surface area (Å²) in [4.78, 5) is 18.6. The van der Waals surface area contributed by atoms with E-state index in [-0.39, 0.29) is 11.3 Å². The van der Waals surface area contributed by atoms with E-state index in [2.05, 4.69) is 110 Å². The molecule has 1 aliphatic rings. The second-order valence-electron chi connectivity index (χ2n) is 9.79. The molecule has 0 aromatic heterocycles. The molecule has 0 aliphatic carbocycles. The summed E-state index contributed by atoms with van der Waals surface area (Å²) in [6.45, 7) is 18.6. The zero-order chi connectivity index (χ0) is 27.2. The van der Waals surface area contributed by atoms with E-state index in [4.69, 9.17) is 0 Å². The Labute approximate surface area is 226 Å². The number of rotatable bonds is 19. The molecule has 1 fully saturated rings. The smallest absolute Gasteiger partial charge is 0.220 e. The monoisotopic (exact) mass is 503 g/mol. The molecular weight excluding hydrogens is 454 g/mol. The summed E-state index contributed by atoms with van der Waals surface area (Å²) >= 11 is 0. The number of hydrogen-bond acceptors (Lipinski definition) is 3. The van der Waals surface area contributed by atoms with Crippen molar-refractivity contribution in [2.75, 3.05) is 19.6 Å². The Bertz CT molecular complexity index is 887. The molecule has 4 nitrogen and oxygen atoms in total. The second-order valence-corrected chi connectivity index (χ2v) is 9.79. The van der Waals surface area contributed by atoms with Crippen LogP contribution in [-0.4, -0.2) is 36.7 Å². The van der Waals surface area contributed by atoms with E-state index >= 15 is 0 Å². The summed E-state index contributed by atoms with van der Waals surface area (Å²) in [6.07, 6.45) is 33.6. The Balaban J connectivity index is 2.12. The number of unbranched alkanes of at least 4 members (excludes halogenated alkanes) is 1. The predicted octanol–water partition coefficient (Wildman–Crippen LogP) is 8.02. The fourth-order valence-electron chi connectivity index (χ4n) is 3.97. The quantitative estimate of drug-likeness (QED) is 0.0839. The van der Waals surface area contributed by atoms with Gasteiger partial charge in [-0.1, -0.05) is 94.3 Å². The molecule has 1 heterocycles. The van der Waals surface area contributed by atoms with Crippen LogP contribution in [0.1, 0.15) is 71.6 Å². The lowest BCUT2D eigenvalue weighted by Crippen LogP contribution is -2.37. The first-order valence-electron chi connectivity index (χ1n) is 13.7. The fraction of sp³-hybridized carbons (Fsp3) is 0.455. The topological polar surface area (TPSA) is 44.7 Å². The van der Waals surface area contributed by atoms with Gasteiger partial charge in [-0.25, -0.2) is 0 Å². The van der Waals surface area contributed by atoms with Gasteiger partial charge in [0.05, 0.1) is 0 Å². The fourth-order valence-corrected chi connectivity index (χ4v) is 3.97. The van der Waals surface area contributed by atoms with E-state index < -0.39 is 0 Å². The van der Waals surface area contributed by atoms with E-state index in [1.165, 1.54) is 6.20 Å². The van der Waals surface area contributed by atoms with Crippen molar-refractivity contribution in [2.45, 2.75) is 71.6 Å². The standard InChI is InChI=1S/C33H49N3O/c1-6-8-9-10-11-12-13-14-15-16-17-18-19-20-21-22-23-24-32(37)35-28-33(5)25-26-36(29-33)31(4)30(3)27-34-7-2/h7-9,11-12,14-15,17-18,20-21,27H,2-4,6,10,13,16,19,22-26,28-29H2,1,5H3,(H,35,37). The minimum Gasteiger partial charge on any atom is -0.371 e. The van der Waals surface area contributed by atoms with Gasteiger partial charge in [0.1, 0.15) is 0 Å². The molecule has 1 N–H and O–H groups in total. The summed E-state index contributed by atoms with van der Waals surface area (Å²) in [5.74, 6) is 0.133. The minimum absolute atomic E-state index is 0.0401. The minimum atomic E-state index is 0.0401. The lowest BCUT2D eigenvalue weighted by atomic mass is 9.89. The first-order chi connectivity index (χ1) is 17.9. The van der Waals surface area contributed by atoms with Crippen molar-refractivity contribution in [3.63, 3.8) is 0 Å². The first kappa shape index (κ1) is 31.9. The number of nitrogens with zero attached hydrogens (tertiary/aromatic N) is 2. The highest BCUT2D eigenvalue weighted by atomic mass is 16.1. The molecule has 1 amide bonds. The Morgan fingerprint density at radius 2 is 1.51 bits per heavy atom. The van der Waals surface area contributed by atoms with Crippen LogP contribution in [0.2, 0.25) is 0 Å². The van der Waals surface area contributed by atoms with E-state index in [9.17, 15) is 4.79 Å². The second kappa shape index (κ2) is 20.0. The van der Waals surface area contributed by atoms with E-state index in [0.29, 0.717) is 13.0 Å². The van der Waals surface area contributed by atoms with Gasteiger partial charge in [0, 0.05) is 55.2 Å². The largest absolute Gasteiger partial charge is 0.371 e. The van der Waals surface area contributed by atoms with E-state index in [1.807, 2.05) is 0 Å². The van der Waals surface area contributed by atoms with Gasteiger partial charge in [-0.15, -0.1) is 0 Å². The number of aliphatic imine (C=N–C) groups is 1. The molecule has 0 aromatic rings. The molecule has 37 heavy (non-hydrogen) atoms. The Hall–Kier alpha value is -3.14. The highest BCUT2D eigenvalue weighted by molar-refractivity contribution is 5.83. The number of allylic oxidation sites excluding steroid dienone is 11. The molecule has 1 atom stereocenters. The number of carbonyl (C=O) groups is 1. The van der Waals surface area contributed by atoms with Gasteiger partial charge < -0.3 is 10.2 Å². The molecule has 0 spiro atoms. The predicted molar refractivity (Wildman–Crippen MR) is 163 cm³/mol. The van der Waals surface area contributed by atoms with E-state index in [0.717, 1.165) is 75.7 Å². The van der Waals surface area contributed by atoms with Crippen LogP contribution in [0.5, 0.6) is 0 Å². The van der Waals surface area contributed by atoms with Crippen LogP contribution in [-0.2, 0) is 4.79 Å². The Morgan fingerprint density at radius 3 is 2.08 bits per heavy atom. The van der Waals surface area contributed by atoms with Crippen molar-refractivity contribution in [3.05, 3.63) is 98.0 Å². The maximum absolute atomic E-state index is 12.3. The van der Waals surface area contributed by atoms with Crippen molar-refractivity contribution in [1.29, 1.82) is 0 Å². The summed E-state index contributed by atoms with van der Waals surface area (Å²) in [7, 11) is 0. The molecule has 0 aromatic carbocycles. The Kier molecular flexibility index (Phi) is 17.2. The molecule has 4 heteroatoms. The van der Waals surface area contributed by atoms with Gasteiger partial charge >= 0.3 is 0 Å². The van der Waals surface area contributed by atoms with Crippen molar-refractivity contribution in [1.82, 2.24) is 10.2 Å². The molecular formula is C33H49N3O. The lowest BCUT2D eigenvalue weighted by molar-refractivity contribution is -0.121. The normalized spacial score (nSPS) is 18.5. The van der Waals surface area contributed by atoms with E-state index in [1.54, 1.807) is 6.21 Å². The molecule has 202 valence electrons. The third-order valence-corrected chi connectivity index (χ3v) is 6.29. The van der Waals surface area contributed by atoms with Gasteiger partial charge in [0.2, 0.25) is 5.91 Å².